The molecule has 0 unspecified atom stereocenters. The van der Waals surface area contributed by atoms with Crippen molar-refractivity contribution < 1.29 is 4.79 Å². The van der Waals surface area contributed by atoms with E-state index in [0.29, 0.717) is 12.4 Å². The molecule has 0 spiro atoms. The Balaban J connectivity index is 2.54. The molecular formula is C8H15N5O. The molecule has 3 N–H and O–H groups in total. The van der Waals surface area contributed by atoms with Crippen LogP contribution in [0.4, 0.5) is 10.6 Å². The van der Waals surface area contributed by atoms with Gasteiger partial charge in [0.1, 0.15) is 5.82 Å². The number of carbonyl (C=O) groups is 1. The molecule has 0 aromatic carbocycles. The highest BCUT2D eigenvalue weighted by molar-refractivity contribution is 5.73. The zero-order valence-electron chi connectivity index (χ0n) is 8.61. The van der Waals surface area contributed by atoms with Crippen LogP contribution in [0, 0.1) is 0 Å². The first-order valence-electron chi connectivity index (χ1n) is 4.24. The second-order valence-corrected chi connectivity index (χ2v) is 3.23. The lowest BCUT2D eigenvalue weighted by Gasteiger charge is -2.11. The number of amides is 2. The van der Waals surface area contributed by atoms with Crippen LogP contribution in [0.3, 0.4) is 0 Å². The lowest BCUT2D eigenvalue weighted by Crippen LogP contribution is -2.34. The van der Waals surface area contributed by atoms with E-state index in [1.165, 1.54) is 4.90 Å². The number of nitrogens with two attached hydrogens (primary N) is 1. The first-order valence-corrected chi connectivity index (χ1v) is 4.24. The minimum absolute atomic E-state index is 0.145. The van der Waals surface area contributed by atoms with E-state index in [-0.39, 0.29) is 6.03 Å². The SMILES string of the molecule is CN(C)C(=O)NCc1cnn(C)c1N. The van der Waals surface area contributed by atoms with E-state index in [2.05, 4.69) is 10.4 Å². The van der Waals surface area contributed by atoms with Crippen molar-refractivity contribution >= 4 is 11.8 Å². The highest BCUT2D eigenvalue weighted by atomic mass is 16.2. The molecule has 6 heteroatoms. The summed E-state index contributed by atoms with van der Waals surface area (Å²) in [7, 11) is 5.12. The highest BCUT2D eigenvalue weighted by Gasteiger charge is 2.07. The number of nitrogens with zero attached hydrogens (tertiary/aromatic N) is 3. The predicted molar refractivity (Wildman–Crippen MR) is 53.5 cm³/mol. The maximum Gasteiger partial charge on any atom is 0.317 e. The molecule has 14 heavy (non-hydrogen) atoms. The summed E-state index contributed by atoms with van der Waals surface area (Å²) in [6.45, 7) is 0.399. The molecule has 0 saturated heterocycles. The van der Waals surface area contributed by atoms with Gasteiger partial charge in [0.2, 0.25) is 0 Å². The van der Waals surface area contributed by atoms with E-state index in [0.717, 1.165) is 5.56 Å². The van der Waals surface area contributed by atoms with Crippen LogP contribution in [0.15, 0.2) is 6.20 Å². The molecule has 0 aliphatic carbocycles. The van der Waals surface area contributed by atoms with Crippen LogP contribution in [-0.4, -0.2) is 34.8 Å². The predicted octanol–water partition coefficient (Wildman–Crippen LogP) is -0.227. The Hall–Kier alpha value is -1.72. The molecule has 1 aromatic heterocycles. The molecule has 1 rings (SSSR count). The van der Waals surface area contributed by atoms with E-state index < -0.39 is 0 Å². The van der Waals surface area contributed by atoms with Crippen LogP contribution < -0.4 is 11.1 Å². The minimum Gasteiger partial charge on any atom is -0.384 e. The lowest BCUT2D eigenvalue weighted by molar-refractivity contribution is 0.217. The van der Waals surface area contributed by atoms with Crippen LogP contribution >= 0.6 is 0 Å². The molecule has 0 aliphatic heterocycles. The number of aromatic nitrogens is 2. The molecule has 0 atom stereocenters. The van der Waals surface area contributed by atoms with Gasteiger partial charge in [-0.2, -0.15) is 5.10 Å². The minimum atomic E-state index is -0.145. The lowest BCUT2D eigenvalue weighted by atomic mass is 10.3. The van der Waals surface area contributed by atoms with Gasteiger partial charge < -0.3 is 16.0 Å². The monoisotopic (exact) mass is 197 g/mol. The van der Waals surface area contributed by atoms with Crippen LogP contribution in [-0.2, 0) is 13.6 Å². The molecule has 2 amide bonds. The number of urea groups is 1. The molecule has 0 saturated carbocycles. The average Bonchev–Trinajstić information content (AvgIpc) is 2.44. The third kappa shape index (κ3) is 2.15. The summed E-state index contributed by atoms with van der Waals surface area (Å²) >= 11 is 0. The van der Waals surface area contributed by atoms with Crippen molar-refractivity contribution in [2.24, 2.45) is 7.05 Å². The van der Waals surface area contributed by atoms with E-state index >= 15 is 0 Å². The molecular weight excluding hydrogens is 182 g/mol. The van der Waals surface area contributed by atoms with Gasteiger partial charge in [0, 0.05) is 33.3 Å². The number of rotatable bonds is 2. The van der Waals surface area contributed by atoms with Gasteiger partial charge in [0.05, 0.1) is 6.20 Å². The Morgan fingerprint density at radius 1 is 1.71 bits per heavy atom. The highest BCUT2D eigenvalue weighted by Crippen LogP contribution is 2.08. The summed E-state index contributed by atoms with van der Waals surface area (Å²) in [6.07, 6.45) is 1.64. The fraction of sp³-hybridized carbons (Fsp3) is 0.500. The Kier molecular flexibility index (Phi) is 2.95. The van der Waals surface area contributed by atoms with Crippen LogP contribution in [0.2, 0.25) is 0 Å². The van der Waals surface area contributed by atoms with Gasteiger partial charge in [-0.1, -0.05) is 0 Å². The summed E-state index contributed by atoms with van der Waals surface area (Å²) in [6, 6.07) is -0.145. The smallest absolute Gasteiger partial charge is 0.317 e. The first kappa shape index (κ1) is 10.4. The molecule has 0 bridgehead atoms. The number of aryl methyl sites for hydroxylation is 1. The second kappa shape index (κ2) is 3.99. The molecule has 0 radical (unpaired) electrons. The fourth-order valence-corrected chi connectivity index (χ4v) is 0.958. The maximum atomic E-state index is 11.2. The molecule has 78 valence electrons. The van der Waals surface area contributed by atoms with Gasteiger partial charge >= 0.3 is 6.03 Å². The van der Waals surface area contributed by atoms with Gasteiger partial charge in [-0.3, -0.25) is 4.68 Å². The van der Waals surface area contributed by atoms with Crippen LogP contribution in [0.1, 0.15) is 5.56 Å². The third-order valence-corrected chi connectivity index (χ3v) is 1.90. The molecule has 6 nitrogen and oxygen atoms in total. The normalized spacial score (nSPS) is 9.93. The van der Waals surface area contributed by atoms with Crippen LogP contribution in [0.25, 0.3) is 0 Å². The Labute approximate surface area is 82.7 Å². The quantitative estimate of drug-likeness (QED) is 0.687. The van der Waals surface area contributed by atoms with Gasteiger partial charge in [0.25, 0.3) is 0 Å². The third-order valence-electron chi connectivity index (χ3n) is 1.90. The summed E-state index contributed by atoms with van der Waals surface area (Å²) in [4.78, 5) is 12.6. The zero-order valence-corrected chi connectivity index (χ0v) is 8.61. The van der Waals surface area contributed by atoms with Crippen LogP contribution in [0.5, 0.6) is 0 Å². The summed E-state index contributed by atoms with van der Waals surface area (Å²) < 4.78 is 1.57. The first-order chi connectivity index (χ1) is 6.52. The summed E-state index contributed by atoms with van der Waals surface area (Å²) in [5, 5.41) is 6.67. The molecule has 1 aromatic rings. The molecule has 0 aliphatic rings. The van der Waals surface area contributed by atoms with Crippen molar-refractivity contribution in [1.82, 2.24) is 20.0 Å². The van der Waals surface area contributed by atoms with Crippen molar-refractivity contribution in [3.05, 3.63) is 11.8 Å². The van der Waals surface area contributed by atoms with Crippen molar-refractivity contribution in [2.45, 2.75) is 6.54 Å². The number of anilines is 1. The van der Waals surface area contributed by atoms with Gasteiger partial charge in [-0.15, -0.1) is 0 Å². The second-order valence-electron chi connectivity index (χ2n) is 3.23. The molecule has 1 heterocycles. The van der Waals surface area contributed by atoms with Crippen molar-refractivity contribution in [3.8, 4) is 0 Å². The Morgan fingerprint density at radius 3 is 2.79 bits per heavy atom. The Morgan fingerprint density at radius 2 is 2.36 bits per heavy atom. The number of hydrogen-bond donors (Lipinski definition) is 2. The van der Waals surface area contributed by atoms with Gasteiger partial charge in [-0.25, -0.2) is 4.79 Å². The number of nitrogens with one attached hydrogen (secondary N) is 1. The van der Waals surface area contributed by atoms with E-state index in [1.54, 1.807) is 32.0 Å². The summed E-state index contributed by atoms with van der Waals surface area (Å²) in [5.41, 5.74) is 6.52. The Bertz CT molecular complexity index is 330. The van der Waals surface area contributed by atoms with Crippen molar-refractivity contribution in [1.29, 1.82) is 0 Å². The van der Waals surface area contributed by atoms with Gasteiger partial charge in [0.15, 0.2) is 0 Å². The number of carbonyl (C=O) groups excluding carboxylic acids is 1. The average molecular weight is 197 g/mol. The molecule has 0 fully saturated rings. The number of hydrogen-bond acceptors (Lipinski definition) is 3. The standard InChI is InChI=1S/C8H15N5O/c1-12(2)8(14)10-4-6-5-11-13(3)7(6)9/h5H,4,9H2,1-3H3,(H,10,14). The van der Waals surface area contributed by atoms with Crippen molar-refractivity contribution in [3.63, 3.8) is 0 Å². The van der Waals surface area contributed by atoms with E-state index in [9.17, 15) is 4.79 Å². The maximum absolute atomic E-state index is 11.2. The number of nitrogen functional groups attached to an aromatic ring is 1. The van der Waals surface area contributed by atoms with E-state index in [4.69, 9.17) is 5.73 Å². The topological polar surface area (TPSA) is 76.2 Å². The largest absolute Gasteiger partial charge is 0.384 e. The summed E-state index contributed by atoms with van der Waals surface area (Å²) in [5.74, 6) is 0.573. The zero-order chi connectivity index (χ0) is 10.7. The van der Waals surface area contributed by atoms with Crippen molar-refractivity contribution in [2.75, 3.05) is 19.8 Å². The van der Waals surface area contributed by atoms with E-state index in [1.807, 2.05) is 0 Å². The van der Waals surface area contributed by atoms with Gasteiger partial charge in [-0.05, 0) is 0 Å². The fourth-order valence-electron chi connectivity index (χ4n) is 0.958.